The molecule has 0 spiro atoms. The molecule has 27 heavy (non-hydrogen) atoms. The van der Waals surface area contributed by atoms with E-state index >= 15 is 0 Å². The number of aromatic nitrogens is 2. The quantitative estimate of drug-likeness (QED) is 0.697. The van der Waals surface area contributed by atoms with Gasteiger partial charge in [-0.3, -0.25) is 4.79 Å². The van der Waals surface area contributed by atoms with Gasteiger partial charge in [0, 0.05) is 12.6 Å². The minimum absolute atomic E-state index is 0.226. The van der Waals surface area contributed by atoms with Gasteiger partial charge in [0.1, 0.15) is 0 Å². The molecule has 1 amide bonds. The largest absolute Gasteiger partial charge is 0.350 e. The molecule has 140 valence electrons. The molecule has 6 heteroatoms. The summed E-state index contributed by atoms with van der Waals surface area (Å²) < 4.78 is 5.20. The van der Waals surface area contributed by atoms with Gasteiger partial charge in [-0.15, -0.1) is 0 Å². The zero-order valence-electron chi connectivity index (χ0n) is 15.8. The highest BCUT2D eigenvalue weighted by Gasteiger charge is 2.17. The highest BCUT2D eigenvalue weighted by atomic mass is 16.5. The topological polar surface area (TPSA) is 94.0 Å². The summed E-state index contributed by atoms with van der Waals surface area (Å²) >= 11 is 0. The van der Waals surface area contributed by atoms with Crippen LogP contribution in [0.2, 0.25) is 0 Å². The average molecular weight is 364 g/mol. The van der Waals surface area contributed by atoms with E-state index in [4.69, 9.17) is 10.3 Å². The molecule has 1 aromatic heterocycles. The van der Waals surface area contributed by atoms with Crippen molar-refractivity contribution in [2.45, 2.75) is 32.7 Å². The molecule has 3 rings (SSSR count). The number of hydrogen-bond acceptors (Lipinski definition) is 5. The van der Waals surface area contributed by atoms with Gasteiger partial charge in [-0.05, 0) is 36.1 Å². The van der Waals surface area contributed by atoms with Crippen LogP contribution in [0.25, 0.3) is 11.5 Å². The van der Waals surface area contributed by atoms with Crippen LogP contribution in [0.3, 0.4) is 0 Å². The summed E-state index contributed by atoms with van der Waals surface area (Å²) in [6, 6.07) is 15.0. The van der Waals surface area contributed by atoms with Crippen LogP contribution in [0.4, 0.5) is 0 Å². The minimum Gasteiger partial charge on any atom is -0.350 e. The van der Waals surface area contributed by atoms with Crippen molar-refractivity contribution in [1.82, 2.24) is 15.5 Å². The molecular weight excluding hydrogens is 340 g/mol. The molecule has 1 atom stereocenters. The third kappa shape index (κ3) is 4.41. The molecule has 1 unspecified atom stereocenters. The Hall–Kier alpha value is -2.99. The molecule has 0 radical (unpaired) electrons. The predicted octanol–water partition coefficient (Wildman–Crippen LogP) is 3.60. The molecule has 0 bridgehead atoms. The van der Waals surface area contributed by atoms with Crippen molar-refractivity contribution in [3.63, 3.8) is 0 Å². The summed E-state index contributed by atoms with van der Waals surface area (Å²) in [4.78, 5) is 16.9. The molecule has 3 N–H and O–H groups in total. The molecule has 2 aromatic carbocycles. The van der Waals surface area contributed by atoms with Crippen LogP contribution in [-0.2, 0) is 0 Å². The van der Waals surface area contributed by atoms with Crippen LogP contribution in [0.5, 0.6) is 0 Å². The van der Waals surface area contributed by atoms with E-state index < -0.39 is 0 Å². The van der Waals surface area contributed by atoms with Gasteiger partial charge >= 0.3 is 0 Å². The number of nitrogens with zero attached hydrogens (tertiary/aromatic N) is 2. The maximum Gasteiger partial charge on any atom is 0.258 e. The lowest BCUT2D eigenvalue weighted by atomic mass is 9.99. The molecule has 3 aromatic rings. The van der Waals surface area contributed by atoms with Gasteiger partial charge in [-0.2, -0.15) is 4.98 Å². The summed E-state index contributed by atoms with van der Waals surface area (Å²) in [5.74, 6) is 1.09. The van der Waals surface area contributed by atoms with Gasteiger partial charge in [0.2, 0.25) is 0 Å². The van der Waals surface area contributed by atoms with E-state index in [1.165, 1.54) is 5.56 Å². The van der Waals surface area contributed by atoms with Crippen molar-refractivity contribution in [1.29, 1.82) is 0 Å². The Morgan fingerprint density at radius 2 is 1.78 bits per heavy atom. The number of nitrogens with two attached hydrogens (primary N) is 1. The molecule has 0 saturated heterocycles. The zero-order valence-corrected chi connectivity index (χ0v) is 15.8. The number of benzene rings is 2. The fourth-order valence-corrected chi connectivity index (χ4v) is 2.82. The Kier molecular flexibility index (Phi) is 5.66. The van der Waals surface area contributed by atoms with E-state index in [9.17, 15) is 4.79 Å². The van der Waals surface area contributed by atoms with Crippen molar-refractivity contribution >= 4 is 5.91 Å². The van der Waals surface area contributed by atoms with Gasteiger partial charge in [-0.1, -0.05) is 55.4 Å². The van der Waals surface area contributed by atoms with Crippen molar-refractivity contribution < 1.29 is 9.32 Å². The van der Waals surface area contributed by atoms with Crippen LogP contribution in [0.1, 0.15) is 53.1 Å². The van der Waals surface area contributed by atoms with Crippen LogP contribution >= 0.6 is 0 Å². The molecule has 1 heterocycles. The highest BCUT2D eigenvalue weighted by molar-refractivity contribution is 5.99. The summed E-state index contributed by atoms with van der Waals surface area (Å²) in [5, 5.41) is 6.69. The number of carbonyl (C=O) groups is 1. The van der Waals surface area contributed by atoms with Crippen molar-refractivity contribution in [3.8, 4) is 11.5 Å². The number of rotatable bonds is 6. The maximum atomic E-state index is 12.7. The Balaban J connectivity index is 1.69. The summed E-state index contributed by atoms with van der Waals surface area (Å²) in [6.07, 6.45) is 0. The average Bonchev–Trinajstić information content (AvgIpc) is 3.12. The first-order valence-corrected chi connectivity index (χ1v) is 8.99. The van der Waals surface area contributed by atoms with Crippen molar-refractivity contribution in [2.24, 2.45) is 5.73 Å². The SMILES string of the molecule is Cc1noc(-c2ccccc2C(=O)NCC(N)c2ccc(C(C)C)cc2)n1. The Morgan fingerprint density at radius 3 is 2.41 bits per heavy atom. The van der Waals surface area contributed by atoms with E-state index in [1.807, 2.05) is 18.2 Å². The highest BCUT2D eigenvalue weighted by Crippen LogP contribution is 2.22. The Labute approximate surface area is 158 Å². The van der Waals surface area contributed by atoms with Gasteiger partial charge in [-0.25, -0.2) is 0 Å². The molecular formula is C21H24N4O2. The second-order valence-corrected chi connectivity index (χ2v) is 6.83. The van der Waals surface area contributed by atoms with Gasteiger partial charge < -0.3 is 15.6 Å². The van der Waals surface area contributed by atoms with E-state index in [1.54, 1.807) is 25.1 Å². The number of aryl methyl sites for hydroxylation is 1. The summed E-state index contributed by atoms with van der Waals surface area (Å²) in [6.45, 7) is 6.37. The van der Waals surface area contributed by atoms with E-state index in [0.717, 1.165) is 5.56 Å². The van der Waals surface area contributed by atoms with Crippen LogP contribution in [0.15, 0.2) is 53.1 Å². The second-order valence-electron chi connectivity index (χ2n) is 6.83. The Bertz CT molecular complexity index is 916. The molecule has 0 saturated carbocycles. The number of hydrogen-bond donors (Lipinski definition) is 2. The standard InChI is InChI=1S/C21H24N4O2/c1-13(2)15-8-10-16(11-9-15)19(22)12-23-20(26)17-6-4-5-7-18(17)21-24-14(3)25-27-21/h4-11,13,19H,12,22H2,1-3H3,(H,23,26). The first-order valence-electron chi connectivity index (χ1n) is 8.99. The third-order valence-corrected chi connectivity index (χ3v) is 4.44. The van der Waals surface area contributed by atoms with Crippen LogP contribution in [0, 0.1) is 6.92 Å². The third-order valence-electron chi connectivity index (χ3n) is 4.44. The number of nitrogens with one attached hydrogen (secondary N) is 1. The fraction of sp³-hybridized carbons (Fsp3) is 0.286. The van der Waals surface area contributed by atoms with Crippen molar-refractivity contribution in [2.75, 3.05) is 6.54 Å². The lowest BCUT2D eigenvalue weighted by Crippen LogP contribution is -2.32. The van der Waals surface area contributed by atoms with E-state index in [-0.39, 0.29) is 11.9 Å². The summed E-state index contributed by atoms with van der Waals surface area (Å²) in [5.41, 5.74) is 9.57. The molecule has 6 nitrogen and oxygen atoms in total. The second kappa shape index (κ2) is 8.14. The maximum absolute atomic E-state index is 12.7. The molecule has 0 fully saturated rings. The molecule has 0 aliphatic rings. The monoisotopic (exact) mass is 364 g/mol. The van der Waals surface area contributed by atoms with Gasteiger partial charge in [0.05, 0.1) is 11.1 Å². The molecule has 0 aliphatic carbocycles. The number of amides is 1. The van der Waals surface area contributed by atoms with Crippen LogP contribution in [-0.4, -0.2) is 22.6 Å². The Morgan fingerprint density at radius 1 is 1.11 bits per heavy atom. The van der Waals surface area contributed by atoms with E-state index in [0.29, 0.717) is 35.3 Å². The lowest BCUT2D eigenvalue weighted by molar-refractivity contribution is 0.0951. The first-order chi connectivity index (χ1) is 13.0. The lowest BCUT2D eigenvalue weighted by Gasteiger charge is -2.15. The summed E-state index contributed by atoms with van der Waals surface area (Å²) in [7, 11) is 0. The van der Waals surface area contributed by atoms with Gasteiger partial charge in [0.15, 0.2) is 5.82 Å². The fourth-order valence-electron chi connectivity index (χ4n) is 2.82. The van der Waals surface area contributed by atoms with E-state index in [2.05, 4.69) is 41.4 Å². The first kappa shape index (κ1) is 18.8. The smallest absolute Gasteiger partial charge is 0.258 e. The zero-order chi connectivity index (χ0) is 19.4. The van der Waals surface area contributed by atoms with Crippen molar-refractivity contribution in [3.05, 3.63) is 71.0 Å². The predicted molar refractivity (Wildman–Crippen MR) is 104 cm³/mol. The number of carbonyl (C=O) groups excluding carboxylic acids is 1. The molecule has 0 aliphatic heterocycles. The van der Waals surface area contributed by atoms with Gasteiger partial charge in [0.25, 0.3) is 11.8 Å². The minimum atomic E-state index is -0.284. The normalized spacial score (nSPS) is 12.2. The van der Waals surface area contributed by atoms with Crippen LogP contribution < -0.4 is 11.1 Å².